The van der Waals surface area contributed by atoms with Crippen LogP contribution in [0, 0.1) is 11.8 Å². The molecule has 2 aliphatic rings. The molecule has 2 aromatic heterocycles. The standard InChI is InChI=1S/C59H81N9O14S/c1-35(2)28-43(46(70)31-50(73)61-42(24-25-52(74)81-39-18-10-7-11-19-39)55(75)64-45(58(78)80-5)29-37-16-8-6-9-17-37)63-57(77)54(36(3)4)67-56(76)44(30-38-32-60-41-21-13-12-20-40(38)41)62-48(71)22-14-15-23-49(72)65-47-26-27-68(59(79)66-47)51-34-83-53(33-69)82-51/h6,8-9,12-13,16-17,20-21,26-27,32,35-36,39,42-46,51,53-54,60,69-70H,7,10-11,14-15,18-19,22-25,28-31,33-34H2,1-5H3,(H,61,73)(H,62,71)(H,63,77)(H,64,75)(H,67,76)(H,65,66,72,79)/t42-,43-,44-,45-,46-,51+,53-,54-/m0/s1. The van der Waals surface area contributed by atoms with Gasteiger partial charge in [0, 0.05) is 61.2 Å². The number of rotatable bonds is 31. The molecule has 6 amide bonds. The number of nitrogens with one attached hydrogen (secondary N) is 7. The molecule has 0 bridgehead atoms. The van der Waals surface area contributed by atoms with Crippen LogP contribution in [0.15, 0.2) is 77.9 Å². The van der Waals surface area contributed by atoms with Gasteiger partial charge >= 0.3 is 17.6 Å². The zero-order chi connectivity index (χ0) is 60.0. The number of amides is 6. The highest BCUT2D eigenvalue weighted by Gasteiger charge is 2.35. The number of fused-ring (bicyclic) bond motifs is 1. The molecule has 2 aromatic carbocycles. The molecule has 2 fully saturated rings. The van der Waals surface area contributed by atoms with Crippen molar-refractivity contribution in [2.45, 2.75) is 178 Å². The number of nitrogens with zero attached hydrogens (tertiary/aromatic N) is 2. The first-order valence-corrected chi connectivity index (χ1v) is 29.7. The van der Waals surface area contributed by atoms with Crippen molar-refractivity contribution in [2.24, 2.45) is 11.8 Å². The summed E-state index contributed by atoms with van der Waals surface area (Å²) >= 11 is 1.37. The van der Waals surface area contributed by atoms with Gasteiger partial charge in [0.05, 0.1) is 32.3 Å². The number of aromatic amines is 1. The zero-order valence-corrected chi connectivity index (χ0v) is 48.7. The van der Waals surface area contributed by atoms with Crippen LogP contribution < -0.4 is 37.6 Å². The first kappa shape index (κ1) is 65.0. The minimum absolute atomic E-state index is 0.00460. The lowest BCUT2D eigenvalue weighted by Gasteiger charge is -2.30. The third-order valence-electron chi connectivity index (χ3n) is 14.5. The first-order chi connectivity index (χ1) is 39.8. The maximum absolute atomic E-state index is 14.4. The van der Waals surface area contributed by atoms with E-state index in [2.05, 4.69) is 41.9 Å². The summed E-state index contributed by atoms with van der Waals surface area (Å²) in [6.07, 6.45) is 5.04. The van der Waals surface area contributed by atoms with Gasteiger partial charge in [0.1, 0.15) is 47.8 Å². The fourth-order valence-corrected chi connectivity index (χ4v) is 11.0. The molecule has 8 atom stereocenters. The van der Waals surface area contributed by atoms with Crippen LogP contribution in [0.25, 0.3) is 10.9 Å². The van der Waals surface area contributed by atoms with Crippen molar-refractivity contribution in [1.82, 2.24) is 41.1 Å². The molecule has 0 radical (unpaired) electrons. The number of thioether (sulfide) groups is 1. The summed E-state index contributed by atoms with van der Waals surface area (Å²) in [5, 5.41) is 38.3. The zero-order valence-electron chi connectivity index (χ0n) is 47.9. The number of hydrogen-bond donors (Lipinski definition) is 9. The average Bonchev–Trinajstić information content (AvgIpc) is 4.37. The van der Waals surface area contributed by atoms with Crippen LogP contribution in [0.4, 0.5) is 5.82 Å². The van der Waals surface area contributed by atoms with Crippen molar-refractivity contribution in [2.75, 3.05) is 24.8 Å². The largest absolute Gasteiger partial charge is 0.467 e. The molecule has 3 heterocycles. The molecule has 9 N–H and O–H groups in total. The van der Waals surface area contributed by atoms with Crippen LogP contribution in [0.2, 0.25) is 0 Å². The molecule has 1 aliphatic heterocycles. The van der Waals surface area contributed by atoms with Gasteiger partial charge in [-0.15, -0.1) is 11.8 Å². The van der Waals surface area contributed by atoms with Gasteiger partial charge in [-0.3, -0.25) is 38.1 Å². The Hall–Kier alpha value is -7.15. The molecule has 1 aliphatic carbocycles. The van der Waals surface area contributed by atoms with Gasteiger partial charge < -0.3 is 61.3 Å². The summed E-state index contributed by atoms with van der Waals surface area (Å²) in [6.45, 7) is 6.97. The van der Waals surface area contributed by atoms with Crippen LogP contribution in [0.3, 0.4) is 0 Å². The number of carbonyl (C=O) groups is 8. The predicted octanol–water partition coefficient (Wildman–Crippen LogP) is 4.00. The number of methoxy groups -OCH3 is 1. The summed E-state index contributed by atoms with van der Waals surface area (Å²) in [7, 11) is 1.19. The van der Waals surface area contributed by atoms with Crippen LogP contribution in [0.5, 0.6) is 0 Å². The van der Waals surface area contributed by atoms with E-state index in [1.165, 1.54) is 35.7 Å². The highest BCUT2D eigenvalue weighted by Crippen LogP contribution is 2.30. The summed E-state index contributed by atoms with van der Waals surface area (Å²) in [5.41, 5.74) is 1.19. The van der Waals surface area contributed by atoms with Gasteiger partial charge in [0.15, 0.2) is 0 Å². The number of ether oxygens (including phenoxy) is 3. The van der Waals surface area contributed by atoms with Gasteiger partial charge in [0.25, 0.3) is 0 Å². The molecule has 24 heteroatoms. The van der Waals surface area contributed by atoms with E-state index in [1.54, 1.807) is 44.3 Å². The number of aliphatic hydroxyl groups is 2. The highest BCUT2D eigenvalue weighted by atomic mass is 32.2. The summed E-state index contributed by atoms with van der Waals surface area (Å²) in [5.74, 6) is -5.17. The minimum Gasteiger partial charge on any atom is -0.467 e. The maximum atomic E-state index is 14.4. The molecular formula is C59H81N9O14S. The van der Waals surface area contributed by atoms with Crippen molar-refractivity contribution in [3.05, 3.63) is 94.7 Å². The van der Waals surface area contributed by atoms with Crippen molar-refractivity contribution in [3.63, 3.8) is 0 Å². The lowest BCUT2D eigenvalue weighted by atomic mass is 9.95. The summed E-state index contributed by atoms with van der Waals surface area (Å²) in [4.78, 5) is 129. The van der Waals surface area contributed by atoms with E-state index in [1.807, 2.05) is 44.2 Å². The van der Waals surface area contributed by atoms with E-state index in [0.29, 0.717) is 5.75 Å². The van der Waals surface area contributed by atoms with E-state index in [9.17, 15) is 53.4 Å². The molecular weight excluding hydrogens is 1090 g/mol. The topological polar surface area (TPSA) is 328 Å². The maximum Gasteiger partial charge on any atom is 0.351 e. The smallest absolute Gasteiger partial charge is 0.351 e. The van der Waals surface area contributed by atoms with Gasteiger partial charge in [-0.05, 0) is 86.5 Å². The number of para-hydroxylation sites is 1. The second-order valence-corrected chi connectivity index (χ2v) is 23.1. The summed E-state index contributed by atoms with van der Waals surface area (Å²) in [6, 6.07) is 12.0. The number of aromatic nitrogens is 3. The van der Waals surface area contributed by atoms with E-state index < -0.39 is 113 Å². The van der Waals surface area contributed by atoms with Crippen molar-refractivity contribution in [1.29, 1.82) is 0 Å². The average molecular weight is 1170 g/mol. The van der Waals surface area contributed by atoms with E-state index in [0.717, 1.165) is 54.1 Å². The van der Waals surface area contributed by atoms with Gasteiger partial charge in [-0.25, -0.2) is 9.59 Å². The van der Waals surface area contributed by atoms with Crippen molar-refractivity contribution in [3.8, 4) is 0 Å². The van der Waals surface area contributed by atoms with E-state index in [4.69, 9.17) is 14.2 Å². The molecule has 83 heavy (non-hydrogen) atoms. The van der Waals surface area contributed by atoms with Gasteiger partial charge in [-0.2, -0.15) is 4.98 Å². The lowest BCUT2D eigenvalue weighted by Crippen LogP contribution is -2.58. The molecule has 1 saturated heterocycles. The van der Waals surface area contributed by atoms with E-state index >= 15 is 0 Å². The summed E-state index contributed by atoms with van der Waals surface area (Å²) < 4.78 is 17.6. The number of benzene rings is 2. The molecule has 452 valence electrons. The number of anilines is 1. The Bertz CT molecular complexity index is 2880. The van der Waals surface area contributed by atoms with Crippen LogP contribution >= 0.6 is 11.8 Å². The number of unbranched alkanes of at least 4 members (excludes halogenated alkanes) is 1. The normalized spacial score (nSPS) is 17.6. The van der Waals surface area contributed by atoms with Gasteiger partial charge in [0.2, 0.25) is 35.4 Å². The van der Waals surface area contributed by atoms with E-state index in [-0.39, 0.29) is 82.2 Å². The number of esters is 2. The highest BCUT2D eigenvalue weighted by molar-refractivity contribution is 8.00. The molecule has 6 rings (SSSR count). The second-order valence-electron chi connectivity index (χ2n) is 21.9. The Labute approximate surface area is 487 Å². The van der Waals surface area contributed by atoms with Crippen LogP contribution in [0.1, 0.15) is 129 Å². The van der Waals surface area contributed by atoms with Crippen molar-refractivity contribution < 1.29 is 62.8 Å². The Balaban J connectivity index is 1.08. The Kier molecular flexibility index (Phi) is 25.6. The molecule has 0 unspecified atom stereocenters. The number of hydrogen-bond acceptors (Lipinski definition) is 16. The number of carbonyl (C=O) groups excluding carboxylic acids is 8. The SMILES string of the molecule is COC(=O)[C@H](Cc1ccccc1)NC(=O)[C@H](CCC(=O)OC1CCCCC1)NC(=O)C[C@H](O)[C@H](CC(C)C)NC(=O)[C@@H](NC(=O)[C@H](Cc1c[nH]c2ccccc12)NC(=O)CCCCC(=O)Nc1ccn([C@H]2CS[C@@H](CO)O2)c(=O)n1)C(C)C. The second kappa shape index (κ2) is 32.6. The molecule has 23 nitrogen and oxygen atoms in total. The third kappa shape index (κ3) is 20.6. The lowest BCUT2D eigenvalue weighted by molar-refractivity contribution is -0.151. The van der Waals surface area contributed by atoms with Crippen LogP contribution in [-0.4, -0.2) is 139 Å². The molecule has 1 saturated carbocycles. The monoisotopic (exact) mass is 1170 g/mol. The predicted molar refractivity (Wildman–Crippen MR) is 310 cm³/mol. The Morgan fingerprint density at radius 1 is 0.783 bits per heavy atom. The Morgan fingerprint density at radius 3 is 2.14 bits per heavy atom. The quantitative estimate of drug-likeness (QED) is 0.0254. The van der Waals surface area contributed by atoms with Crippen LogP contribution in [-0.2, 0) is 65.4 Å². The van der Waals surface area contributed by atoms with Crippen molar-refractivity contribution >= 4 is 75.9 Å². The minimum atomic E-state index is -1.50. The van der Waals surface area contributed by atoms with Gasteiger partial charge in [-0.1, -0.05) is 82.6 Å². The fourth-order valence-electron chi connectivity index (χ4n) is 10.0. The number of aliphatic hydroxyl groups excluding tert-OH is 2. The Morgan fingerprint density at radius 2 is 1.47 bits per heavy atom. The number of H-pyrrole nitrogens is 1. The molecule has 4 aromatic rings. The third-order valence-corrected chi connectivity index (χ3v) is 15.6. The molecule has 0 spiro atoms. The fraction of sp³-hybridized carbons (Fsp3) is 0.559. The first-order valence-electron chi connectivity index (χ1n) is 28.6.